The number of halogens is 1. The molecule has 1 saturated heterocycles. The van der Waals surface area contributed by atoms with Crippen molar-refractivity contribution in [2.24, 2.45) is 0 Å². The van der Waals surface area contributed by atoms with E-state index in [9.17, 15) is 8.42 Å². The van der Waals surface area contributed by atoms with Crippen LogP contribution in [0.2, 0.25) is 5.02 Å². The van der Waals surface area contributed by atoms with Gasteiger partial charge in [-0.05, 0) is 37.1 Å². The quantitative estimate of drug-likeness (QED) is 0.769. The fourth-order valence-electron chi connectivity index (χ4n) is 3.17. The number of aromatic nitrogens is 2. The van der Waals surface area contributed by atoms with Crippen molar-refractivity contribution >= 4 is 43.6 Å². The standard InChI is InChI=1S/C16H16ClN3O2S/c17-13-6-7-18-16-15(13)12-10-11(4-5-14(12)19-16)23(21,22)20-8-2-1-3-9-20/h4-7,10H,1-3,8-9H2,(H,18,19). The fourth-order valence-corrected chi connectivity index (χ4v) is 4.96. The minimum Gasteiger partial charge on any atom is -0.339 e. The highest BCUT2D eigenvalue weighted by atomic mass is 35.5. The SMILES string of the molecule is O=S(=O)(c1ccc2[nH]c3nccc(Cl)c3c2c1)N1CCCCC1. The largest absolute Gasteiger partial charge is 0.339 e. The van der Waals surface area contributed by atoms with E-state index in [1.54, 1.807) is 34.8 Å². The van der Waals surface area contributed by atoms with Crippen molar-refractivity contribution in [3.8, 4) is 0 Å². The van der Waals surface area contributed by atoms with Crippen LogP contribution in [-0.2, 0) is 10.0 Å². The van der Waals surface area contributed by atoms with Crippen LogP contribution in [0.25, 0.3) is 21.9 Å². The lowest BCUT2D eigenvalue weighted by Gasteiger charge is -2.25. The summed E-state index contributed by atoms with van der Waals surface area (Å²) >= 11 is 6.27. The molecule has 0 amide bonds. The first kappa shape index (κ1) is 14.9. The zero-order valence-corrected chi connectivity index (χ0v) is 14.0. The molecule has 3 aromatic rings. The van der Waals surface area contributed by atoms with E-state index < -0.39 is 10.0 Å². The Bertz CT molecular complexity index is 991. The van der Waals surface area contributed by atoms with Crippen LogP contribution in [0.3, 0.4) is 0 Å². The molecular formula is C16H16ClN3O2S. The first-order valence-corrected chi connectivity index (χ1v) is 9.45. The number of nitrogens with zero attached hydrogens (tertiary/aromatic N) is 2. The third kappa shape index (κ3) is 2.41. The maximum absolute atomic E-state index is 12.8. The number of aromatic amines is 1. The Hall–Kier alpha value is -1.63. The Balaban J connectivity index is 1.89. The van der Waals surface area contributed by atoms with Gasteiger partial charge in [-0.1, -0.05) is 18.0 Å². The molecule has 1 aromatic carbocycles. The highest BCUT2D eigenvalue weighted by Gasteiger charge is 2.26. The summed E-state index contributed by atoms with van der Waals surface area (Å²) in [5, 5.41) is 2.12. The molecule has 1 aliphatic heterocycles. The molecule has 1 fully saturated rings. The number of pyridine rings is 1. The summed E-state index contributed by atoms with van der Waals surface area (Å²) < 4.78 is 27.3. The summed E-state index contributed by atoms with van der Waals surface area (Å²) in [6.45, 7) is 1.19. The predicted molar refractivity (Wildman–Crippen MR) is 91.2 cm³/mol. The van der Waals surface area contributed by atoms with Crippen molar-refractivity contribution in [1.82, 2.24) is 14.3 Å². The molecule has 120 valence electrons. The van der Waals surface area contributed by atoms with Crippen LogP contribution in [0.5, 0.6) is 0 Å². The highest BCUT2D eigenvalue weighted by molar-refractivity contribution is 7.89. The average molecular weight is 350 g/mol. The molecule has 5 nitrogen and oxygen atoms in total. The lowest BCUT2D eigenvalue weighted by atomic mass is 10.2. The number of benzene rings is 1. The molecule has 0 saturated carbocycles. The number of rotatable bonds is 2. The van der Waals surface area contributed by atoms with Crippen LogP contribution in [0.4, 0.5) is 0 Å². The van der Waals surface area contributed by atoms with Crippen LogP contribution in [0.15, 0.2) is 35.4 Å². The normalized spacial score (nSPS) is 17.1. The van der Waals surface area contributed by atoms with Gasteiger partial charge in [-0.15, -0.1) is 0 Å². The molecule has 1 N–H and O–H groups in total. The number of piperidine rings is 1. The molecule has 0 aliphatic carbocycles. The Morgan fingerprint density at radius 3 is 2.70 bits per heavy atom. The van der Waals surface area contributed by atoms with Crippen molar-refractivity contribution in [2.45, 2.75) is 24.2 Å². The molecule has 1 aliphatic rings. The van der Waals surface area contributed by atoms with Gasteiger partial charge in [0.1, 0.15) is 5.65 Å². The van der Waals surface area contributed by atoms with E-state index in [2.05, 4.69) is 9.97 Å². The summed E-state index contributed by atoms with van der Waals surface area (Å²) in [7, 11) is -3.46. The van der Waals surface area contributed by atoms with Crippen molar-refractivity contribution in [3.63, 3.8) is 0 Å². The number of sulfonamides is 1. The maximum Gasteiger partial charge on any atom is 0.243 e. The third-order valence-corrected chi connectivity index (χ3v) is 6.58. The van der Waals surface area contributed by atoms with Crippen LogP contribution in [0, 0.1) is 0 Å². The van der Waals surface area contributed by atoms with Gasteiger partial charge in [-0.3, -0.25) is 0 Å². The van der Waals surface area contributed by atoms with Gasteiger partial charge in [-0.2, -0.15) is 4.31 Å². The molecule has 3 heterocycles. The summed E-state index contributed by atoms with van der Waals surface area (Å²) in [6, 6.07) is 6.84. The second kappa shape index (κ2) is 5.47. The number of hydrogen-bond donors (Lipinski definition) is 1. The van der Waals surface area contributed by atoms with Gasteiger partial charge in [0.25, 0.3) is 0 Å². The van der Waals surface area contributed by atoms with E-state index >= 15 is 0 Å². The van der Waals surface area contributed by atoms with Gasteiger partial charge in [0.15, 0.2) is 0 Å². The summed E-state index contributed by atoms with van der Waals surface area (Å²) in [6.07, 6.45) is 4.56. The van der Waals surface area contributed by atoms with Gasteiger partial charge >= 0.3 is 0 Å². The van der Waals surface area contributed by atoms with E-state index in [4.69, 9.17) is 11.6 Å². The average Bonchev–Trinajstić information content (AvgIpc) is 2.94. The van der Waals surface area contributed by atoms with Crippen LogP contribution in [0.1, 0.15) is 19.3 Å². The molecule has 2 aromatic heterocycles. The molecule has 0 atom stereocenters. The lowest BCUT2D eigenvalue weighted by Crippen LogP contribution is -2.35. The second-order valence-electron chi connectivity index (χ2n) is 5.81. The van der Waals surface area contributed by atoms with Crippen LogP contribution >= 0.6 is 11.6 Å². The van der Waals surface area contributed by atoms with Crippen LogP contribution < -0.4 is 0 Å². The molecule has 0 radical (unpaired) electrons. The maximum atomic E-state index is 12.8. The van der Waals surface area contributed by atoms with Crippen molar-refractivity contribution in [2.75, 3.05) is 13.1 Å². The number of hydrogen-bond acceptors (Lipinski definition) is 3. The molecule has 0 unspecified atom stereocenters. The second-order valence-corrected chi connectivity index (χ2v) is 8.16. The van der Waals surface area contributed by atoms with Crippen molar-refractivity contribution in [1.29, 1.82) is 0 Å². The molecule has 7 heteroatoms. The Labute approximate surface area is 139 Å². The van der Waals surface area contributed by atoms with Crippen molar-refractivity contribution < 1.29 is 8.42 Å². The van der Waals surface area contributed by atoms with E-state index in [0.29, 0.717) is 28.7 Å². The third-order valence-electron chi connectivity index (χ3n) is 4.37. The number of nitrogens with one attached hydrogen (secondary N) is 1. The zero-order valence-electron chi connectivity index (χ0n) is 12.4. The minimum absolute atomic E-state index is 0.313. The van der Waals surface area contributed by atoms with E-state index in [0.717, 1.165) is 35.6 Å². The highest BCUT2D eigenvalue weighted by Crippen LogP contribution is 2.32. The summed E-state index contributed by atoms with van der Waals surface area (Å²) in [5.74, 6) is 0. The predicted octanol–water partition coefficient (Wildman–Crippen LogP) is 3.54. The summed E-state index contributed by atoms with van der Waals surface area (Å²) in [4.78, 5) is 7.75. The molecule has 0 bridgehead atoms. The minimum atomic E-state index is -3.46. The van der Waals surface area contributed by atoms with Crippen molar-refractivity contribution in [3.05, 3.63) is 35.5 Å². The summed E-state index contributed by atoms with van der Waals surface area (Å²) in [5.41, 5.74) is 1.50. The van der Waals surface area contributed by atoms with E-state index in [1.807, 2.05) is 0 Å². The van der Waals surface area contributed by atoms with Gasteiger partial charge in [-0.25, -0.2) is 13.4 Å². The van der Waals surface area contributed by atoms with E-state index in [1.165, 1.54) is 0 Å². The zero-order chi connectivity index (χ0) is 16.0. The Kier molecular flexibility index (Phi) is 3.55. The Morgan fingerprint density at radius 1 is 1.13 bits per heavy atom. The number of H-pyrrole nitrogens is 1. The molecular weight excluding hydrogens is 334 g/mol. The first-order chi connectivity index (χ1) is 11.1. The first-order valence-electron chi connectivity index (χ1n) is 7.63. The topological polar surface area (TPSA) is 66.1 Å². The molecule has 0 spiro atoms. The monoisotopic (exact) mass is 349 g/mol. The van der Waals surface area contributed by atoms with Gasteiger partial charge < -0.3 is 4.98 Å². The Morgan fingerprint density at radius 2 is 1.91 bits per heavy atom. The molecule has 4 rings (SSSR count). The van der Waals surface area contributed by atoms with Gasteiger partial charge in [0.05, 0.1) is 9.92 Å². The fraction of sp³-hybridized carbons (Fsp3) is 0.312. The van der Waals surface area contributed by atoms with Crippen LogP contribution in [-0.4, -0.2) is 35.8 Å². The van der Waals surface area contributed by atoms with Gasteiger partial charge in [0, 0.05) is 35.6 Å². The molecule has 23 heavy (non-hydrogen) atoms. The smallest absolute Gasteiger partial charge is 0.243 e. The van der Waals surface area contributed by atoms with Gasteiger partial charge in [0.2, 0.25) is 10.0 Å². The number of fused-ring (bicyclic) bond motifs is 3. The van der Waals surface area contributed by atoms with E-state index in [-0.39, 0.29) is 0 Å². The lowest BCUT2D eigenvalue weighted by molar-refractivity contribution is 0.346.